The molecule has 0 radical (unpaired) electrons. The van der Waals surface area contributed by atoms with E-state index in [2.05, 4.69) is 0 Å². The Labute approximate surface area is 177 Å². The van der Waals surface area contributed by atoms with Crippen molar-refractivity contribution in [2.75, 3.05) is 12.0 Å². The molecular formula is C26H25NO3. The average Bonchev–Trinajstić information content (AvgIpc) is 2.81. The lowest BCUT2D eigenvalue weighted by molar-refractivity contribution is -0.130. The summed E-state index contributed by atoms with van der Waals surface area (Å²) < 4.78 is 5.28. The van der Waals surface area contributed by atoms with Crippen molar-refractivity contribution < 1.29 is 14.6 Å². The van der Waals surface area contributed by atoms with Crippen molar-refractivity contribution in [2.45, 2.75) is 19.1 Å². The first-order chi connectivity index (χ1) is 14.7. The van der Waals surface area contributed by atoms with E-state index in [1.807, 2.05) is 95.9 Å². The normalized spacial score (nSPS) is 18.5. The zero-order valence-electron chi connectivity index (χ0n) is 16.9. The van der Waals surface area contributed by atoms with Crippen molar-refractivity contribution in [3.8, 4) is 5.75 Å². The van der Waals surface area contributed by atoms with E-state index in [1.165, 1.54) is 0 Å². The number of hydrogen-bond donors (Lipinski definition) is 1. The fourth-order valence-corrected chi connectivity index (χ4v) is 4.02. The number of hydrogen-bond acceptors (Lipinski definition) is 3. The van der Waals surface area contributed by atoms with Gasteiger partial charge in [0.25, 0.3) is 0 Å². The fraction of sp³-hybridized carbons (Fsp3) is 0.192. The SMILES string of the molecule is COc1ccc([C@@H]2[C@@H](C/C=C/c3ccccc3CO)C(=O)N2c2ccccc2)cc1. The van der Waals surface area contributed by atoms with Gasteiger partial charge in [0, 0.05) is 5.69 Å². The minimum absolute atomic E-state index is 0.000862. The van der Waals surface area contributed by atoms with E-state index < -0.39 is 0 Å². The van der Waals surface area contributed by atoms with Gasteiger partial charge in [0.1, 0.15) is 5.75 Å². The summed E-state index contributed by atoms with van der Waals surface area (Å²) in [4.78, 5) is 14.9. The molecular weight excluding hydrogens is 374 g/mol. The van der Waals surface area contributed by atoms with Gasteiger partial charge in [-0.25, -0.2) is 0 Å². The lowest BCUT2D eigenvalue weighted by Gasteiger charge is -2.47. The van der Waals surface area contributed by atoms with E-state index >= 15 is 0 Å². The Bertz CT molecular complexity index is 1030. The molecule has 0 saturated carbocycles. The van der Waals surface area contributed by atoms with Crippen LogP contribution in [0.1, 0.15) is 29.2 Å². The van der Waals surface area contributed by atoms with Crippen molar-refractivity contribution in [1.82, 2.24) is 0 Å². The van der Waals surface area contributed by atoms with Gasteiger partial charge in [-0.1, -0.05) is 66.7 Å². The molecule has 3 aromatic carbocycles. The third-order valence-electron chi connectivity index (χ3n) is 5.62. The molecule has 0 unspecified atom stereocenters. The third kappa shape index (κ3) is 3.87. The van der Waals surface area contributed by atoms with Crippen LogP contribution in [-0.4, -0.2) is 18.1 Å². The maximum Gasteiger partial charge on any atom is 0.233 e. The van der Waals surface area contributed by atoms with Gasteiger partial charge in [-0.3, -0.25) is 4.79 Å². The smallest absolute Gasteiger partial charge is 0.233 e. The zero-order valence-corrected chi connectivity index (χ0v) is 16.9. The molecule has 1 N–H and O–H groups in total. The van der Waals surface area contributed by atoms with Gasteiger partial charge in [0.05, 0.1) is 25.7 Å². The van der Waals surface area contributed by atoms with Crippen molar-refractivity contribution in [3.05, 3.63) is 102 Å². The number of carbonyl (C=O) groups is 1. The topological polar surface area (TPSA) is 49.8 Å². The van der Waals surface area contributed by atoms with Crippen LogP contribution in [0.25, 0.3) is 6.08 Å². The number of carbonyl (C=O) groups excluding carboxylic acids is 1. The molecule has 0 spiro atoms. The summed E-state index contributed by atoms with van der Waals surface area (Å²) >= 11 is 0. The fourth-order valence-electron chi connectivity index (χ4n) is 4.02. The van der Waals surface area contributed by atoms with Gasteiger partial charge in [0.15, 0.2) is 0 Å². The molecule has 4 rings (SSSR count). The van der Waals surface area contributed by atoms with Crippen molar-refractivity contribution in [3.63, 3.8) is 0 Å². The molecule has 4 heteroatoms. The summed E-state index contributed by atoms with van der Waals surface area (Å²) in [6.07, 6.45) is 4.67. The number of aliphatic hydroxyl groups is 1. The first-order valence-electron chi connectivity index (χ1n) is 10.1. The summed E-state index contributed by atoms with van der Waals surface area (Å²) in [6, 6.07) is 25.5. The molecule has 0 aliphatic carbocycles. The number of β-lactam (4-membered cyclic amide) rings is 1. The zero-order chi connectivity index (χ0) is 20.9. The first-order valence-corrected chi connectivity index (χ1v) is 10.1. The molecule has 1 saturated heterocycles. The molecule has 1 fully saturated rings. The van der Waals surface area contributed by atoms with E-state index in [0.29, 0.717) is 6.42 Å². The van der Waals surface area contributed by atoms with Gasteiger partial charge < -0.3 is 14.7 Å². The summed E-state index contributed by atoms with van der Waals surface area (Å²) in [7, 11) is 1.65. The van der Waals surface area contributed by atoms with E-state index in [0.717, 1.165) is 28.1 Å². The molecule has 0 bridgehead atoms. The molecule has 4 nitrogen and oxygen atoms in total. The first kappa shape index (κ1) is 19.9. The Morgan fingerprint density at radius 1 is 0.967 bits per heavy atom. The highest BCUT2D eigenvalue weighted by molar-refractivity contribution is 6.03. The predicted octanol–water partition coefficient (Wildman–Crippen LogP) is 5.00. The quantitative estimate of drug-likeness (QED) is 0.569. The minimum Gasteiger partial charge on any atom is -0.497 e. The van der Waals surface area contributed by atoms with Gasteiger partial charge in [-0.15, -0.1) is 0 Å². The number of rotatable bonds is 7. The van der Waals surface area contributed by atoms with Gasteiger partial charge in [-0.05, 0) is 47.4 Å². The molecule has 0 aromatic heterocycles. The number of nitrogens with zero attached hydrogens (tertiary/aromatic N) is 1. The number of para-hydroxylation sites is 1. The average molecular weight is 399 g/mol. The Morgan fingerprint density at radius 3 is 2.37 bits per heavy atom. The molecule has 30 heavy (non-hydrogen) atoms. The number of aliphatic hydroxyl groups excluding tert-OH is 1. The number of methoxy groups -OCH3 is 1. The maximum absolute atomic E-state index is 13.1. The van der Waals surface area contributed by atoms with E-state index in [9.17, 15) is 9.90 Å². The van der Waals surface area contributed by atoms with Gasteiger partial charge in [0.2, 0.25) is 5.91 Å². The molecule has 1 heterocycles. The number of anilines is 1. The Balaban J connectivity index is 1.59. The minimum atomic E-state index is -0.129. The van der Waals surface area contributed by atoms with Crippen LogP contribution in [0.5, 0.6) is 5.75 Å². The second-order valence-corrected chi connectivity index (χ2v) is 7.36. The lowest BCUT2D eigenvalue weighted by Crippen LogP contribution is -2.55. The van der Waals surface area contributed by atoms with Crippen LogP contribution >= 0.6 is 0 Å². The highest BCUT2D eigenvalue weighted by Crippen LogP contribution is 2.45. The summed E-state index contributed by atoms with van der Waals surface area (Å²) in [6.45, 7) is -0.000862. The van der Waals surface area contributed by atoms with Gasteiger partial charge in [-0.2, -0.15) is 0 Å². The van der Waals surface area contributed by atoms with Crippen LogP contribution in [0.2, 0.25) is 0 Å². The summed E-state index contributed by atoms with van der Waals surface area (Å²) in [5.74, 6) is 0.797. The second-order valence-electron chi connectivity index (χ2n) is 7.36. The molecule has 1 aliphatic heterocycles. The van der Waals surface area contributed by atoms with E-state index in [1.54, 1.807) is 7.11 Å². The molecule has 152 valence electrons. The number of benzene rings is 3. The maximum atomic E-state index is 13.1. The number of ether oxygens (including phenoxy) is 1. The third-order valence-corrected chi connectivity index (χ3v) is 5.62. The highest BCUT2D eigenvalue weighted by atomic mass is 16.5. The summed E-state index contributed by atoms with van der Waals surface area (Å²) in [5, 5.41) is 9.52. The Morgan fingerprint density at radius 2 is 1.67 bits per heavy atom. The highest BCUT2D eigenvalue weighted by Gasteiger charge is 2.47. The van der Waals surface area contributed by atoms with Crippen LogP contribution in [0.15, 0.2) is 84.9 Å². The largest absolute Gasteiger partial charge is 0.497 e. The Hall–Kier alpha value is -3.37. The second kappa shape index (κ2) is 8.97. The van der Waals surface area contributed by atoms with E-state index in [4.69, 9.17) is 4.74 Å². The van der Waals surface area contributed by atoms with Crippen LogP contribution in [0.4, 0.5) is 5.69 Å². The Kier molecular flexibility index (Phi) is 5.96. The standard InChI is InChI=1S/C26H25NO3/c1-30-23-16-14-20(15-17-23)25-24(26(29)27(25)22-11-3-2-4-12-22)13-7-10-19-8-5-6-9-21(19)18-28/h2-12,14-17,24-25,28H,13,18H2,1H3/b10-7+/t24-,25-/m1/s1. The summed E-state index contributed by atoms with van der Waals surface area (Å²) in [5.41, 5.74) is 3.86. The van der Waals surface area contributed by atoms with Crippen LogP contribution in [-0.2, 0) is 11.4 Å². The monoisotopic (exact) mass is 399 g/mol. The van der Waals surface area contributed by atoms with Crippen LogP contribution in [0, 0.1) is 5.92 Å². The van der Waals surface area contributed by atoms with E-state index in [-0.39, 0.29) is 24.5 Å². The predicted molar refractivity (Wildman–Crippen MR) is 119 cm³/mol. The van der Waals surface area contributed by atoms with Crippen molar-refractivity contribution >= 4 is 17.7 Å². The van der Waals surface area contributed by atoms with Crippen molar-refractivity contribution in [2.24, 2.45) is 5.92 Å². The number of amides is 1. The lowest BCUT2D eigenvalue weighted by atomic mass is 9.79. The molecule has 1 amide bonds. The van der Waals surface area contributed by atoms with Crippen molar-refractivity contribution in [1.29, 1.82) is 0 Å². The van der Waals surface area contributed by atoms with Crippen LogP contribution in [0.3, 0.4) is 0 Å². The van der Waals surface area contributed by atoms with Crippen LogP contribution < -0.4 is 9.64 Å². The van der Waals surface area contributed by atoms with Gasteiger partial charge >= 0.3 is 0 Å². The molecule has 1 aliphatic rings. The molecule has 2 atom stereocenters. The molecule has 3 aromatic rings. The number of allylic oxidation sites excluding steroid dienone is 1.